The summed E-state index contributed by atoms with van der Waals surface area (Å²) in [6.45, 7) is 3.49. The topological polar surface area (TPSA) is 179 Å². The van der Waals surface area contributed by atoms with Crippen molar-refractivity contribution >= 4 is 50.0 Å². The lowest BCUT2D eigenvalue weighted by atomic mass is 10.1. The minimum atomic E-state index is -4.07. The van der Waals surface area contributed by atoms with Crippen molar-refractivity contribution in [3.05, 3.63) is 70.7 Å². The van der Waals surface area contributed by atoms with Gasteiger partial charge in [-0.2, -0.15) is 4.99 Å². The second-order valence-corrected chi connectivity index (χ2v) is 10.2. The molecule has 0 radical (unpaired) electrons. The first-order valence-corrected chi connectivity index (χ1v) is 13.1. The monoisotopic (exact) mass is 530 g/mol. The Bertz CT molecular complexity index is 1370. The largest absolute Gasteiger partial charge is 0.466 e. The number of thiazole rings is 1. The molecule has 2 aromatic carbocycles. The van der Waals surface area contributed by atoms with Crippen LogP contribution in [-0.4, -0.2) is 37.8 Å². The average Bonchev–Trinajstić information content (AvgIpc) is 3.18. The van der Waals surface area contributed by atoms with Crippen LogP contribution in [0, 0.1) is 6.92 Å². The van der Waals surface area contributed by atoms with Gasteiger partial charge in [0.05, 0.1) is 29.7 Å². The van der Waals surface area contributed by atoms with Gasteiger partial charge in [0.15, 0.2) is 5.96 Å². The second kappa shape index (κ2) is 11.7. The number of aliphatic imine (C=N–C) groups is 1. The number of esters is 1. The number of aromatic nitrogens is 1. The number of nitrogens with zero attached hydrogens (tertiary/aromatic N) is 2. The lowest BCUT2D eigenvalue weighted by molar-refractivity contribution is -0.143. The highest BCUT2D eigenvalue weighted by Crippen LogP contribution is 2.27. The molecule has 1 unspecified atom stereocenters. The Labute approximate surface area is 212 Å². The standard InChI is InChI=1S/C23H26N6O5S2/c1-3-34-19(30)13-18(15-8-5-4-6-9-15)29-36(32,33)17-11-7-10-16(12-17)27-21(31)20-14(2)26-23(35-20)28-22(24)25/h4-12,18,29H,3,13H2,1-2H3,(H,27,31)(H4,24,25,26,28). The van der Waals surface area contributed by atoms with Crippen LogP contribution in [0.2, 0.25) is 0 Å². The number of carbonyl (C=O) groups is 2. The number of hydrogen-bond donors (Lipinski definition) is 4. The number of benzene rings is 2. The Morgan fingerprint density at radius 2 is 1.86 bits per heavy atom. The SMILES string of the molecule is CCOC(=O)CC(NS(=O)(=O)c1cccc(NC(=O)c2sc(N=C(N)N)nc2C)c1)c1ccccc1. The van der Waals surface area contributed by atoms with E-state index in [2.05, 4.69) is 20.0 Å². The van der Waals surface area contributed by atoms with E-state index >= 15 is 0 Å². The summed E-state index contributed by atoms with van der Waals surface area (Å²) in [7, 11) is -4.07. The van der Waals surface area contributed by atoms with Crippen molar-refractivity contribution in [1.29, 1.82) is 0 Å². The number of aryl methyl sites for hydroxylation is 1. The first-order chi connectivity index (χ1) is 17.1. The van der Waals surface area contributed by atoms with Gasteiger partial charge in [-0.3, -0.25) is 9.59 Å². The second-order valence-electron chi connectivity index (χ2n) is 7.52. The van der Waals surface area contributed by atoms with Crippen LogP contribution >= 0.6 is 11.3 Å². The summed E-state index contributed by atoms with van der Waals surface area (Å²) < 4.78 is 34.0. The number of nitrogens with two attached hydrogens (primary N) is 2. The van der Waals surface area contributed by atoms with Gasteiger partial charge in [-0.05, 0) is 37.6 Å². The number of amides is 1. The summed E-state index contributed by atoms with van der Waals surface area (Å²) in [5, 5.41) is 2.89. The van der Waals surface area contributed by atoms with E-state index in [0.717, 1.165) is 11.3 Å². The van der Waals surface area contributed by atoms with Crippen molar-refractivity contribution in [1.82, 2.24) is 9.71 Å². The zero-order valence-corrected chi connectivity index (χ0v) is 21.2. The number of guanidine groups is 1. The molecular formula is C23H26N6O5S2. The maximum atomic E-state index is 13.2. The van der Waals surface area contributed by atoms with Crippen molar-refractivity contribution in [2.75, 3.05) is 11.9 Å². The Morgan fingerprint density at radius 3 is 2.53 bits per heavy atom. The van der Waals surface area contributed by atoms with Gasteiger partial charge in [-0.1, -0.05) is 47.7 Å². The van der Waals surface area contributed by atoms with Crippen LogP contribution < -0.4 is 21.5 Å². The van der Waals surface area contributed by atoms with Crippen LogP contribution in [0.25, 0.3) is 0 Å². The number of hydrogen-bond acceptors (Lipinski definition) is 8. The van der Waals surface area contributed by atoms with E-state index < -0.39 is 27.9 Å². The summed E-state index contributed by atoms with van der Waals surface area (Å²) in [6, 6.07) is 13.6. The summed E-state index contributed by atoms with van der Waals surface area (Å²) in [5.74, 6) is -1.21. The number of ether oxygens (including phenoxy) is 1. The predicted molar refractivity (Wildman–Crippen MR) is 137 cm³/mol. The molecule has 1 aromatic heterocycles. The molecule has 13 heteroatoms. The lowest BCUT2D eigenvalue weighted by Crippen LogP contribution is -2.30. The molecular weight excluding hydrogens is 504 g/mol. The first-order valence-electron chi connectivity index (χ1n) is 10.8. The fourth-order valence-corrected chi connectivity index (χ4v) is 5.36. The number of rotatable bonds is 10. The highest BCUT2D eigenvalue weighted by molar-refractivity contribution is 7.89. The van der Waals surface area contributed by atoms with Gasteiger partial charge in [-0.25, -0.2) is 18.1 Å². The quantitative estimate of drug-likeness (QED) is 0.175. The summed E-state index contributed by atoms with van der Waals surface area (Å²) in [4.78, 5) is 33.1. The third-order valence-electron chi connectivity index (χ3n) is 4.79. The number of anilines is 1. The molecule has 0 aliphatic rings. The molecule has 0 bridgehead atoms. The molecule has 11 nitrogen and oxygen atoms in total. The van der Waals surface area contributed by atoms with Crippen LogP contribution in [0.5, 0.6) is 0 Å². The fraction of sp³-hybridized carbons (Fsp3) is 0.217. The zero-order valence-electron chi connectivity index (χ0n) is 19.6. The van der Waals surface area contributed by atoms with E-state index in [-0.39, 0.29) is 39.6 Å². The van der Waals surface area contributed by atoms with Gasteiger partial charge >= 0.3 is 5.97 Å². The van der Waals surface area contributed by atoms with Crippen molar-refractivity contribution in [2.24, 2.45) is 16.5 Å². The maximum Gasteiger partial charge on any atom is 0.307 e. The van der Waals surface area contributed by atoms with Crippen molar-refractivity contribution in [3.63, 3.8) is 0 Å². The molecule has 1 atom stereocenters. The van der Waals surface area contributed by atoms with Crippen molar-refractivity contribution in [3.8, 4) is 0 Å². The highest BCUT2D eigenvalue weighted by Gasteiger charge is 2.25. The van der Waals surface area contributed by atoms with E-state index in [0.29, 0.717) is 11.3 Å². The minimum absolute atomic E-state index is 0.0905. The number of nitrogens with one attached hydrogen (secondary N) is 2. The minimum Gasteiger partial charge on any atom is -0.466 e. The molecule has 1 heterocycles. The van der Waals surface area contributed by atoms with Gasteiger partial charge in [0.25, 0.3) is 5.91 Å². The van der Waals surface area contributed by atoms with Crippen molar-refractivity contribution in [2.45, 2.75) is 31.2 Å². The number of sulfonamides is 1. The molecule has 0 fully saturated rings. The lowest BCUT2D eigenvalue weighted by Gasteiger charge is -2.19. The molecule has 0 saturated carbocycles. The first kappa shape index (κ1) is 26.8. The number of carbonyl (C=O) groups excluding carboxylic acids is 2. The molecule has 0 aliphatic heterocycles. The molecule has 1 amide bonds. The Balaban J connectivity index is 1.82. The normalized spacial score (nSPS) is 11.9. The molecule has 6 N–H and O–H groups in total. The third-order valence-corrected chi connectivity index (χ3v) is 7.31. The van der Waals surface area contributed by atoms with Crippen molar-refractivity contribution < 1.29 is 22.7 Å². The van der Waals surface area contributed by atoms with Gasteiger partial charge in [0, 0.05) is 5.69 Å². The Hall–Kier alpha value is -3.81. The van der Waals surface area contributed by atoms with Gasteiger partial charge < -0.3 is 21.5 Å². The third kappa shape index (κ3) is 7.10. The van der Waals surface area contributed by atoms with Crippen LogP contribution in [-0.2, 0) is 19.6 Å². The Morgan fingerprint density at radius 1 is 1.14 bits per heavy atom. The van der Waals surface area contributed by atoms with Crippen LogP contribution in [0.3, 0.4) is 0 Å². The summed E-state index contributed by atoms with van der Waals surface area (Å²) >= 11 is 0.996. The van der Waals surface area contributed by atoms with E-state index in [1.165, 1.54) is 18.2 Å². The highest BCUT2D eigenvalue weighted by atomic mass is 32.2. The predicted octanol–water partition coefficient (Wildman–Crippen LogP) is 2.58. The fourth-order valence-electron chi connectivity index (χ4n) is 3.23. The molecule has 0 spiro atoms. The molecule has 3 rings (SSSR count). The van der Waals surface area contributed by atoms with Crippen LogP contribution in [0.4, 0.5) is 10.8 Å². The Kier molecular flexibility index (Phi) is 8.74. The van der Waals surface area contributed by atoms with Gasteiger partial charge in [-0.15, -0.1) is 0 Å². The van der Waals surface area contributed by atoms with E-state index in [9.17, 15) is 18.0 Å². The van der Waals surface area contributed by atoms with Crippen LogP contribution in [0.1, 0.15) is 40.3 Å². The van der Waals surface area contributed by atoms with Gasteiger partial charge in [0.2, 0.25) is 15.2 Å². The summed E-state index contributed by atoms with van der Waals surface area (Å²) in [6.07, 6.45) is -0.184. The zero-order chi connectivity index (χ0) is 26.3. The van der Waals surface area contributed by atoms with E-state index in [4.69, 9.17) is 16.2 Å². The molecule has 3 aromatic rings. The van der Waals surface area contributed by atoms with E-state index in [1.54, 1.807) is 50.2 Å². The molecule has 0 aliphatic carbocycles. The van der Waals surface area contributed by atoms with Gasteiger partial charge in [0.1, 0.15) is 4.88 Å². The maximum absolute atomic E-state index is 13.2. The smallest absolute Gasteiger partial charge is 0.307 e. The average molecular weight is 531 g/mol. The molecule has 36 heavy (non-hydrogen) atoms. The molecule has 0 saturated heterocycles. The van der Waals surface area contributed by atoms with E-state index in [1.807, 2.05) is 0 Å². The van der Waals surface area contributed by atoms with Crippen LogP contribution in [0.15, 0.2) is 64.5 Å². The summed E-state index contributed by atoms with van der Waals surface area (Å²) in [5.41, 5.74) is 12.0. The molecule has 190 valence electrons.